The van der Waals surface area contributed by atoms with Gasteiger partial charge in [0.15, 0.2) is 5.78 Å². The largest absolute Gasteiger partial charge is 0.416 e. The van der Waals surface area contributed by atoms with Gasteiger partial charge in [-0.2, -0.15) is 13.2 Å². The first-order chi connectivity index (χ1) is 15.6. The van der Waals surface area contributed by atoms with Crippen LogP contribution >= 0.6 is 0 Å². The van der Waals surface area contributed by atoms with Crippen LogP contribution in [-0.2, 0) is 6.18 Å². The summed E-state index contributed by atoms with van der Waals surface area (Å²) in [5, 5.41) is -0.447. The molecule has 0 aliphatic carbocycles. The Morgan fingerprint density at radius 2 is 1.55 bits per heavy atom. The molecule has 5 nitrogen and oxygen atoms in total. The second-order valence-electron chi connectivity index (χ2n) is 6.92. The molecule has 10 heteroatoms. The maximum absolute atomic E-state index is 14.8. The standard InChI is InChI=1S/C23H12F5N3O2/c24-18-6-5-16(31(28)22(33)14-2-1-3-15(10-14)23(25,26)27)12-17(18)21(32)13-4-7-19-20(11-13)30-9-8-29-19/h1-12H. The van der Waals surface area contributed by atoms with Crippen molar-refractivity contribution in [1.82, 2.24) is 9.97 Å². The van der Waals surface area contributed by atoms with Gasteiger partial charge >= 0.3 is 6.18 Å². The number of halogens is 5. The topological polar surface area (TPSA) is 63.2 Å². The maximum Gasteiger partial charge on any atom is 0.416 e. The second kappa shape index (κ2) is 8.38. The van der Waals surface area contributed by atoms with Gasteiger partial charge in [-0.15, -0.1) is 5.12 Å². The van der Waals surface area contributed by atoms with Crippen LogP contribution in [0.1, 0.15) is 31.8 Å². The number of amides is 1. The van der Waals surface area contributed by atoms with Gasteiger partial charge in [-0.05, 0) is 54.6 Å². The summed E-state index contributed by atoms with van der Waals surface area (Å²) in [5.41, 5.74) is -1.82. The van der Waals surface area contributed by atoms with Gasteiger partial charge < -0.3 is 0 Å². The molecule has 166 valence electrons. The molecular weight excluding hydrogens is 445 g/mol. The molecule has 1 aromatic heterocycles. The number of ketones is 1. The van der Waals surface area contributed by atoms with E-state index in [0.717, 1.165) is 36.4 Å². The molecule has 0 fully saturated rings. The summed E-state index contributed by atoms with van der Waals surface area (Å²) < 4.78 is 67.9. The van der Waals surface area contributed by atoms with Crippen molar-refractivity contribution in [1.29, 1.82) is 0 Å². The molecule has 33 heavy (non-hydrogen) atoms. The molecular formula is C23H12F5N3O2. The van der Waals surface area contributed by atoms with Gasteiger partial charge in [-0.1, -0.05) is 10.5 Å². The summed E-state index contributed by atoms with van der Waals surface area (Å²) in [4.78, 5) is 33.4. The van der Waals surface area contributed by atoms with E-state index in [1.54, 1.807) is 0 Å². The lowest BCUT2D eigenvalue weighted by Gasteiger charge is -2.15. The Kier molecular flexibility index (Phi) is 5.59. The quantitative estimate of drug-likeness (QED) is 0.229. The predicted octanol–water partition coefficient (Wildman–Crippen LogP) is 5.55. The van der Waals surface area contributed by atoms with Crippen LogP contribution in [0.25, 0.3) is 11.0 Å². The van der Waals surface area contributed by atoms with E-state index in [0.29, 0.717) is 17.1 Å². The van der Waals surface area contributed by atoms with Gasteiger partial charge in [-0.25, -0.2) is 4.39 Å². The third kappa shape index (κ3) is 4.40. The molecule has 4 rings (SSSR count). The van der Waals surface area contributed by atoms with E-state index in [-0.39, 0.29) is 5.56 Å². The highest BCUT2D eigenvalue weighted by molar-refractivity contribution is 6.11. The monoisotopic (exact) mass is 457 g/mol. The van der Waals surface area contributed by atoms with Crippen molar-refractivity contribution in [3.05, 3.63) is 101 Å². The molecule has 0 saturated heterocycles. The fraction of sp³-hybridized carbons (Fsp3) is 0.0435. The minimum Gasteiger partial charge on any atom is -0.288 e. The highest BCUT2D eigenvalue weighted by atomic mass is 19.4. The van der Waals surface area contributed by atoms with Crippen LogP contribution < -0.4 is 5.12 Å². The molecule has 4 aromatic rings. The Bertz CT molecular complexity index is 1390. The van der Waals surface area contributed by atoms with Crippen LogP contribution in [0.15, 0.2) is 73.1 Å². The van der Waals surface area contributed by atoms with E-state index in [1.807, 2.05) is 0 Å². The fourth-order valence-electron chi connectivity index (χ4n) is 3.13. The molecule has 1 amide bonds. The van der Waals surface area contributed by atoms with E-state index in [1.165, 1.54) is 30.6 Å². The van der Waals surface area contributed by atoms with Gasteiger partial charge in [0.1, 0.15) is 5.82 Å². The van der Waals surface area contributed by atoms with Crippen molar-refractivity contribution < 1.29 is 31.6 Å². The number of anilines is 1. The van der Waals surface area contributed by atoms with E-state index < -0.39 is 51.2 Å². The summed E-state index contributed by atoms with van der Waals surface area (Å²) in [6.45, 7) is 0. The van der Waals surface area contributed by atoms with E-state index >= 15 is 0 Å². The Morgan fingerprint density at radius 3 is 2.27 bits per heavy atom. The molecule has 0 saturated carbocycles. The molecule has 0 unspecified atom stereocenters. The molecule has 0 atom stereocenters. The SMILES string of the molecule is O=C(c1ccc2nccnc2c1)c1cc(N(F)C(=O)c2cccc(C(F)(F)F)c2)ccc1F. The van der Waals surface area contributed by atoms with Crippen molar-refractivity contribution in [3.8, 4) is 0 Å². The zero-order chi connectivity index (χ0) is 23.8. The van der Waals surface area contributed by atoms with E-state index in [4.69, 9.17) is 0 Å². The Hall–Kier alpha value is -4.21. The fourth-order valence-corrected chi connectivity index (χ4v) is 3.13. The normalized spacial score (nSPS) is 11.4. The number of hydrogen-bond acceptors (Lipinski definition) is 4. The number of carbonyl (C=O) groups is 2. The van der Waals surface area contributed by atoms with Gasteiger partial charge in [0.2, 0.25) is 0 Å². The second-order valence-corrected chi connectivity index (χ2v) is 6.92. The Balaban J connectivity index is 1.66. The van der Waals surface area contributed by atoms with E-state index in [2.05, 4.69) is 9.97 Å². The molecule has 0 bridgehead atoms. The van der Waals surface area contributed by atoms with Crippen LogP contribution in [0.3, 0.4) is 0 Å². The van der Waals surface area contributed by atoms with Crippen molar-refractivity contribution in [2.45, 2.75) is 6.18 Å². The number of fused-ring (bicyclic) bond motifs is 1. The van der Waals surface area contributed by atoms with Crippen LogP contribution in [-0.4, -0.2) is 21.7 Å². The number of alkyl halides is 3. The number of carbonyl (C=O) groups excluding carboxylic acids is 2. The van der Waals surface area contributed by atoms with Crippen LogP contribution in [0.2, 0.25) is 0 Å². The van der Waals surface area contributed by atoms with Gasteiger partial charge in [0.25, 0.3) is 5.91 Å². The number of hydrogen-bond donors (Lipinski definition) is 0. The predicted molar refractivity (Wildman–Crippen MR) is 109 cm³/mol. The summed E-state index contributed by atoms with van der Waals surface area (Å²) in [7, 11) is 0. The average Bonchev–Trinajstić information content (AvgIpc) is 2.82. The van der Waals surface area contributed by atoms with Crippen molar-refractivity contribution in [2.75, 3.05) is 5.12 Å². The van der Waals surface area contributed by atoms with Gasteiger partial charge in [0, 0.05) is 23.5 Å². The minimum atomic E-state index is -4.73. The zero-order valence-electron chi connectivity index (χ0n) is 16.5. The lowest BCUT2D eigenvalue weighted by Crippen LogP contribution is -2.23. The first kappa shape index (κ1) is 22.0. The average molecular weight is 457 g/mol. The lowest BCUT2D eigenvalue weighted by molar-refractivity contribution is -0.137. The van der Waals surface area contributed by atoms with Gasteiger partial charge in [-0.3, -0.25) is 19.6 Å². The van der Waals surface area contributed by atoms with Crippen molar-refractivity contribution in [2.24, 2.45) is 0 Å². The molecule has 3 aromatic carbocycles. The summed E-state index contributed by atoms with van der Waals surface area (Å²) in [6.07, 6.45) is -1.85. The molecule has 0 spiro atoms. The Labute approximate surface area is 183 Å². The Morgan fingerprint density at radius 1 is 0.818 bits per heavy atom. The number of rotatable bonds is 4. The van der Waals surface area contributed by atoms with Crippen molar-refractivity contribution in [3.63, 3.8) is 0 Å². The summed E-state index contributed by atoms with van der Waals surface area (Å²) >= 11 is 0. The molecule has 0 aliphatic rings. The van der Waals surface area contributed by atoms with Crippen LogP contribution in [0.5, 0.6) is 0 Å². The number of benzene rings is 3. The number of aromatic nitrogens is 2. The zero-order valence-corrected chi connectivity index (χ0v) is 16.5. The molecule has 1 heterocycles. The summed E-state index contributed by atoms with van der Waals surface area (Å²) in [5.74, 6) is -3.18. The number of nitrogens with zero attached hydrogens (tertiary/aromatic N) is 3. The van der Waals surface area contributed by atoms with Crippen LogP contribution in [0, 0.1) is 5.82 Å². The minimum absolute atomic E-state index is 0.0497. The third-order valence-corrected chi connectivity index (χ3v) is 4.77. The van der Waals surface area contributed by atoms with Crippen molar-refractivity contribution >= 4 is 28.4 Å². The van der Waals surface area contributed by atoms with Gasteiger partial charge in [0.05, 0.1) is 27.8 Å². The van der Waals surface area contributed by atoms with E-state index in [9.17, 15) is 31.6 Å². The first-order valence-electron chi connectivity index (χ1n) is 9.37. The summed E-state index contributed by atoms with van der Waals surface area (Å²) in [6, 6.07) is 9.99. The lowest BCUT2D eigenvalue weighted by atomic mass is 10.0. The van der Waals surface area contributed by atoms with Crippen LogP contribution in [0.4, 0.5) is 27.7 Å². The first-order valence-corrected chi connectivity index (χ1v) is 9.37. The highest BCUT2D eigenvalue weighted by Crippen LogP contribution is 2.30. The maximum atomic E-state index is 14.8. The third-order valence-electron chi connectivity index (χ3n) is 4.77. The molecule has 0 radical (unpaired) electrons. The highest BCUT2D eigenvalue weighted by Gasteiger charge is 2.31. The molecule has 0 aliphatic heterocycles. The molecule has 0 N–H and O–H groups in total. The smallest absolute Gasteiger partial charge is 0.288 e.